The van der Waals surface area contributed by atoms with Crippen molar-refractivity contribution in [2.45, 2.75) is 26.9 Å². The molecule has 0 fully saturated rings. The normalized spacial score (nSPS) is 11.4. The molecular formula is C22H21N3O5. The molecule has 30 heavy (non-hydrogen) atoms. The number of nitrogens with zero attached hydrogens (tertiary/aromatic N) is 2. The van der Waals surface area contributed by atoms with Crippen molar-refractivity contribution in [1.29, 1.82) is 5.26 Å². The Kier molecular flexibility index (Phi) is 6.23. The average Bonchev–Trinajstić information content (AvgIpc) is 3.36. The molecule has 2 heterocycles. The smallest absolute Gasteiger partial charge is 0.343 e. The Hall–Kier alpha value is -3.99. The van der Waals surface area contributed by atoms with Gasteiger partial charge in [-0.05, 0) is 57.2 Å². The van der Waals surface area contributed by atoms with Crippen LogP contribution in [0.5, 0.6) is 5.75 Å². The predicted molar refractivity (Wildman–Crippen MR) is 109 cm³/mol. The molecule has 0 unspecified atom stereocenters. The van der Waals surface area contributed by atoms with Crippen LogP contribution < -0.4 is 10.1 Å². The minimum absolute atomic E-state index is 0.00178. The van der Waals surface area contributed by atoms with Crippen LogP contribution in [0.4, 0.5) is 5.69 Å². The van der Waals surface area contributed by atoms with Crippen LogP contribution in [-0.4, -0.2) is 29.2 Å². The zero-order valence-electron chi connectivity index (χ0n) is 16.8. The van der Waals surface area contributed by atoms with Crippen molar-refractivity contribution in [3.63, 3.8) is 0 Å². The standard InChI is InChI=1S/C22H21N3O5/c1-4-28-17-9-7-16(8-10-17)24-20(26)15(3)30-22(27)19-14(2)29-21(18(19)13-23)25-11-5-6-12-25/h5-12,15H,4H2,1-3H3,(H,24,26)/t15-/m0/s1. The van der Waals surface area contributed by atoms with Gasteiger partial charge in [-0.1, -0.05) is 0 Å². The first-order valence-corrected chi connectivity index (χ1v) is 9.36. The van der Waals surface area contributed by atoms with Crippen molar-refractivity contribution in [2.75, 3.05) is 11.9 Å². The lowest BCUT2D eigenvalue weighted by atomic mass is 10.1. The molecule has 0 saturated carbocycles. The summed E-state index contributed by atoms with van der Waals surface area (Å²) in [6, 6.07) is 12.4. The van der Waals surface area contributed by atoms with Gasteiger partial charge in [0.1, 0.15) is 28.7 Å². The van der Waals surface area contributed by atoms with E-state index in [2.05, 4.69) is 5.32 Å². The highest BCUT2D eigenvalue weighted by Gasteiger charge is 2.28. The van der Waals surface area contributed by atoms with Crippen LogP contribution in [0.3, 0.4) is 0 Å². The lowest BCUT2D eigenvalue weighted by molar-refractivity contribution is -0.123. The van der Waals surface area contributed by atoms with Gasteiger partial charge in [0.15, 0.2) is 6.10 Å². The molecule has 0 aliphatic heterocycles. The number of carbonyl (C=O) groups is 2. The van der Waals surface area contributed by atoms with Gasteiger partial charge in [-0.3, -0.25) is 9.36 Å². The largest absolute Gasteiger partial charge is 0.494 e. The quantitative estimate of drug-likeness (QED) is 0.597. The first kappa shape index (κ1) is 20.7. The molecular weight excluding hydrogens is 386 g/mol. The number of anilines is 1. The van der Waals surface area contributed by atoms with Crippen LogP contribution in [0.2, 0.25) is 0 Å². The number of aromatic nitrogens is 1. The number of carbonyl (C=O) groups excluding carboxylic acids is 2. The maximum absolute atomic E-state index is 12.7. The number of benzene rings is 1. The van der Waals surface area contributed by atoms with Crippen LogP contribution in [0.25, 0.3) is 5.88 Å². The van der Waals surface area contributed by atoms with Crippen LogP contribution in [0, 0.1) is 18.3 Å². The fourth-order valence-electron chi connectivity index (χ4n) is 2.85. The predicted octanol–water partition coefficient (Wildman–Crippen LogP) is 3.83. The van der Waals surface area contributed by atoms with E-state index in [9.17, 15) is 14.9 Å². The average molecular weight is 407 g/mol. The molecule has 0 saturated heterocycles. The summed E-state index contributed by atoms with van der Waals surface area (Å²) < 4.78 is 17.8. The molecule has 8 heteroatoms. The van der Waals surface area contributed by atoms with Gasteiger partial charge in [-0.25, -0.2) is 4.79 Å². The summed E-state index contributed by atoms with van der Waals surface area (Å²) in [7, 11) is 0. The molecule has 0 spiro atoms. The SMILES string of the molecule is CCOc1ccc(NC(=O)[C@H](C)OC(=O)c2c(C)oc(-n3cccc3)c2C#N)cc1. The molecule has 1 N–H and O–H groups in total. The highest BCUT2D eigenvalue weighted by Crippen LogP contribution is 2.26. The minimum Gasteiger partial charge on any atom is -0.494 e. The Morgan fingerprint density at radius 1 is 1.23 bits per heavy atom. The zero-order valence-corrected chi connectivity index (χ0v) is 16.8. The molecule has 0 radical (unpaired) electrons. The second-order valence-electron chi connectivity index (χ2n) is 6.41. The first-order chi connectivity index (χ1) is 14.4. The summed E-state index contributed by atoms with van der Waals surface area (Å²) in [4.78, 5) is 25.1. The van der Waals surface area contributed by atoms with Gasteiger partial charge in [-0.2, -0.15) is 5.26 Å². The summed E-state index contributed by atoms with van der Waals surface area (Å²) in [6.07, 6.45) is 2.31. The lowest BCUT2D eigenvalue weighted by Gasteiger charge is -2.13. The third-order valence-corrected chi connectivity index (χ3v) is 4.31. The fourth-order valence-corrected chi connectivity index (χ4v) is 2.85. The highest BCUT2D eigenvalue weighted by atomic mass is 16.5. The molecule has 1 amide bonds. The monoisotopic (exact) mass is 407 g/mol. The Labute approximate surface area is 173 Å². The Morgan fingerprint density at radius 3 is 2.50 bits per heavy atom. The fraction of sp³-hybridized carbons (Fsp3) is 0.227. The summed E-state index contributed by atoms with van der Waals surface area (Å²) in [6.45, 7) is 5.45. The maximum atomic E-state index is 12.7. The summed E-state index contributed by atoms with van der Waals surface area (Å²) in [5, 5.41) is 12.2. The van der Waals surface area contributed by atoms with E-state index in [4.69, 9.17) is 13.9 Å². The zero-order chi connectivity index (χ0) is 21.7. The molecule has 2 aromatic heterocycles. The first-order valence-electron chi connectivity index (χ1n) is 9.36. The number of hydrogen-bond acceptors (Lipinski definition) is 6. The van der Waals surface area contributed by atoms with E-state index in [-0.39, 0.29) is 22.8 Å². The number of amides is 1. The maximum Gasteiger partial charge on any atom is 0.343 e. The van der Waals surface area contributed by atoms with Gasteiger partial charge >= 0.3 is 5.97 Å². The van der Waals surface area contributed by atoms with Crippen molar-refractivity contribution in [3.05, 3.63) is 65.7 Å². The van der Waals surface area contributed by atoms with Gasteiger partial charge in [-0.15, -0.1) is 0 Å². The Bertz CT molecular complexity index is 1080. The van der Waals surface area contributed by atoms with Crippen molar-refractivity contribution in [3.8, 4) is 17.7 Å². The number of hydrogen-bond donors (Lipinski definition) is 1. The molecule has 3 aromatic rings. The van der Waals surface area contributed by atoms with E-state index >= 15 is 0 Å². The summed E-state index contributed by atoms with van der Waals surface area (Å²) in [5.74, 6) is -0.163. The number of aryl methyl sites for hydroxylation is 1. The number of ether oxygens (including phenoxy) is 2. The van der Waals surface area contributed by atoms with E-state index in [0.717, 1.165) is 0 Å². The topological polar surface area (TPSA) is 106 Å². The number of nitriles is 1. The van der Waals surface area contributed by atoms with E-state index < -0.39 is 18.0 Å². The van der Waals surface area contributed by atoms with Crippen LogP contribution in [-0.2, 0) is 9.53 Å². The molecule has 1 aromatic carbocycles. The number of esters is 1. The van der Waals surface area contributed by atoms with Crippen LogP contribution >= 0.6 is 0 Å². The number of nitrogens with one attached hydrogen (secondary N) is 1. The molecule has 0 bridgehead atoms. The molecule has 154 valence electrons. The number of furan rings is 1. The Balaban J connectivity index is 1.71. The van der Waals surface area contributed by atoms with Crippen LogP contribution in [0.1, 0.15) is 35.5 Å². The second-order valence-corrected chi connectivity index (χ2v) is 6.41. The van der Waals surface area contributed by atoms with Gasteiger partial charge in [0.05, 0.1) is 6.61 Å². The summed E-state index contributed by atoms with van der Waals surface area (Å²) >= 11 is 0. The third kappa shape index (κ3) is 4.36. The molecule has 1 atom stereocenters. The minimum atomic E-state index is -1.08. The molecule has 8 nitrogen and oxygen atoms in total. The van der Waals surface area contributed by atoms with Gasteiger partial charge < -0.3 is 19.2 Å². The van der Waals surface area contributed by atoms with Crippen molar-refractivity contribution in [2.24, 2.45) is 0 Å². The number of rotatable bonds is 7. The lowest BCUT2D eigenvalue weighted by Crippen LogP contribution is -2.30. The van der Waals surface area contributed by atoms with Gasteiger partial charge in [0.25, 0.3) is 5.91 Å². The van der Waals surface area contributed by atoms with Crippen molar-refractivity contribution >= 4 is 17.6 Å². The van der Waals surface area contributed by atoms with E-state index in [1.54, 1.807) is 60.3 Å². The molecule has 0 aliphatic rings. The van der Waals surface area contributed by atoms with Gasteiger partial charge in [0, 0.05) is 18.1 Å². The molecule has 0 aliphatic carbocycles. The molecule has 3 rings (SSSR count). The van der Waals surface area contributed by atoms with Crippen molar-refractivity contribution in [1.82, 2.24) is 4.57 Å². The Morgan fingerprint density at radius 2 is 1.90 bits per heavy atom. The summed E-state index contributed by atoms with van der Waals surface area (Å²) in [5.41, 5.74) is 0.591. The van der Waals surface area contributed by atoms with E-state index in [0.29, 0.717) is 18.0 Å². The van der Waals surface area contributed by atoms with Crippen LogP contribution in [0.15, 0.2) is 53.2 Å². The van der Waals surface area contributed by atoms with Gasteiger partial charge in [0.2, 0.25) is 5.88 Å². The van der Waals surface area contributed by atoms with Crippen molar-refractivity contribution < 1.29 is 23.5 Å². The van der Waals surface area contributed by atoms with E-state index in [1.807, 2.05) is 13.0 Å². The van der Waals surface area contributed by atoms with E-state index in [1.165, 1.54) is 6.92 Å². The highest BCUT2D eigenvalue weighted by molar-refractivity contribution is 5.99. The second kappa shape index (κ2) is 9.01. The third-order valence-electron chi connectivity index (χ3n) is 4.31.